The number of fused-ring (bicyclic) bond motifs is 1. The lowest BCUT2D eigenvalue weighted by Crippen LogP contribution is -2.27. The zero-order chi connectivity index (χ0) is 14.3. The van der Waals surface area contributed by atoms with Crippen molar-refractivity contribution >= 4 is 29.2 Å². The molecule has 0 unspecified atom stereocenters. The number of carbonyl (C=O) groups excluding carboxylic acids is 1. The maximum atomic E-state index is 13.3. The molecule has 3 rings (SSSR count). The first kappa shape index (κ1) is 13.6. The van der Waals surface area contributed by atoms with Crippen molar-refractivity contribution in [1.29, 1.82) is 0 Å². The smallest absolute Gasteiger partial charge is 0.266 e. The summed E-state index contributed by atoms with van der Waals surface area (Å²) in [4.78, 5) is 20.2. The molecule has 0 aliphatic carbocycles. The number of halogens is 2. The fourth-order valence-corrected chi connectivity index (χ4v) is 3.42. The van der Waals surface area contributed by atoms with Gasteiger partial charge in [0.2, 0.25) is 5.91 Å². The lowest BCUT2D eigenvalue weighted by molar-refractivity contribution is -0.117. The van der Waals surface area contributed by atoms with Crippen LogP contribution in [0.4, 0.5) is 20.3 Å². The molecule has 1 aromatic heterocycles. The van der Waals surface area contributed by atoms with Gasteiger partial charge in [0.1, 0.15) is 5.82 Å². The van der Waals surface area contributed by atoms with E-state index in [4.69, 9.17) is 0 Å². The van der Waals surface area contributed by atoms with Crippen LogP contribution in [0.2, 0.25) is 0 Å². The highest BCUT2D eigenvalue weighted by molar-refractivity contribution is 7.99. The number of hydrogen-bond donors (Lipinski definition) is 0. The van der Waals surface area contributed by atoms with Crippen LogP contribution in [0.25, 0.3) is 0 Å². The summed E-state index contributed by atoms with van der Waals surface area (Å²) in [5.74, 6) is -1.37. The van der Waals surface area contributed by atoms with Crippen LogP contribution in [0, 0.1) is 0 Å². The van der Waals surface area contributed by atoms with Crippen molar-refractivity contribution < 1.29 is 13.6 Å². The van der Waals surface area contributed by atoms with Crippen molar-refractivity contribution in [3.05, 3.63) is 12.3 Å². The van der Waals surface area contributed by atoms with E-state index in [-0.39, 0.29) is 18.9 Å². The minimum atomic E-state index is -2.65. The molecule has 2 aliphatic rings. The van der Waals surface area contributed by atoms with E-state index < -0.39 is 5.92 Å². The highest BCUT2D eigenvalue weighted by atomic mass is 32.2. The van der Waals surface area contributed by atoms with Crippen LogP contribution in [0.5, 0.6) is 0 Å². The molecule has 1 saturated heterocycles. The van der Waals surface area contributed by atoms with E-state index in [9.17, 15) is 13.6 Å². The standard InChI is InChI=1S/C13H15F2N3OS/c1-17-9-6-11(18-4-3-13(14,15)8-18)16-7-10(9)20-5-2-12(17)19/h6-7H,2-5,8H2,1H3. The maximum Gasteiger partial charge on any atom is 0.266 e. The number of anilines is 2. The van der Waals surface area contributed by atoms with Gasteiger partial charge in [-0.1, -0.05) is 0 Å². The van der Waals surface area contributed by atoms with Crippen LogP contribution in [-0.4, -0.2) is 42.7 Å². The Labute approximate surface area is 120 Å². The van der Waals surface area contributed by atoms with Gasteiger partial charge < -0.3 is 9.80 Å². The Morgan fingerprint density at radius 2 is 2.25 bits per heavy atom. The molecule has 20 heavy (non-hydrogen) atoms. The molecule has 3 heterocycles. The summed E-state index contributed by atoms with van der Waals surface area (Å²) in [6.45, 7) is -0.00677. The fourth-order valence-electron chi connectivity index (χ4n) is 2.45. The van der Waals surface area contributed by atoms with Crippen molar-refractivity contribution in [1.82, 2.24) is 4.98 Å². The van der Waals surface area contributed by atoms with E-state index in [1.165, 1.54) is 0 Å². The predicted octanol–water partition coefficient (Wildman–Crippen LogP) is 2.39. The molecule has 1 aromatic rings. The van der Waals surface area contributed by atoms with E-state index in [2.05, 4.69) is 4.98 Å². The molecule has 0 saturated carbocycles. The summed E-state index contributed by atoms with van der Waals surface area (Å²) in [6.07, 6.45) is 2.02. The summed E-state index contributed by atoms with van der Waals surface area (Å²) in [7, 11) is 1.72. The third-order valence-electron chi connectivity index (χ3n) is 3.63. The van der Waals surface area contributed by atoms with Crippen molar-refractivity contribution in [2.75, 3.05) is 35.7 Å². The SMILES string of the molecule is CN1C(=O)CCSc2cnc(N3CCC(F)(F)C3)cc21. The summed E-state index contributed by atoms with van der Waals surface area (Å²) in [5, 5.41) is 0. The Bertz CT molecular complexity index is 552. The number of amides is 1. The molecule has 0 N–H and O–H groups in total. The van der Waals surface area contributed by atoms with Gasteiger partial charge in [-0.15, -0.1) is 11.8 Å². The van der Waals surface area contributed by atoms with E-state index in [0.717, 1.165) is 16.3 Å². The van der Waals surface area contributed by atoms with E-state index in [1.807, 2.05) is 0 Å². The molecule has 108 valence electrons. The van der Waals surface area contributed by atoms with Crippen LogP contribution < -0.4 is 9.80 Å². The zero-order valence-electron chi connectivity index (χ0n) is 11.1. The molecule has 0 aromatic carbocycles. The quantitative estimate of drug-likeness (QED) is 0.798. The van der Waals surface area contributed by atoms with Gasteiger partial charge in [-0.05, 0) is 0 Å². The first-order valence-corrected chi connectivity index (χ1v) is 7.47. The van der Waals surface area contributed by atoms with E-state index >= 15 is 0 Å². The van der Waals surface area contributed by atoms with Gasteiger partial charge >= 0.3 is 0 Å². The van der Waals surface area contributed by atoms with Gasteiger partial charge in [0.25, 0.3) is 5.92 Å². The third kappa shape index (κ3) is 2.46. The molecule has 0 spiro atoms. The fraction of sp³-hybridized carbons (Fsp3) is 0.538. The second-order valence-corrected chi connectivity index (χ2v) is 6.23. The Morgan fingerprint density at radius 1 is 1.45 bits per heavy atom. The van der Waals surface area contributed by atoms with Gasteiger partial charge in [-0.3, -0.25) is 4.79 Å². The van der Waals surface area contributed by atoms with Crippen LogP contribution in [0.15, 0.2) is 17.2 Å². The molecule has 1 amide bonds. The second kappa shape index (κ2) is 4.87. The predicted molar refractivity (Wildman–Crippen MR) is 74.8 cm³/mol. The van der Waals surface area contributed by atoms with Gasteiger partial charge in [0, 0.05) is 49.3 Å². The number of hydrogen-bond acceptors (Lipinski definition) is 4. The van der Waals surface area contributed by atoms with Crippen molar-refractivity contribution in [2.45, 2.75) is 23.7 Å². The highest BCUT2D eigenvalue weighted by Crippen LogP contribution is 2.37. The number of rotatable bonds is 1. The van der Waals surface area contributed by atoms with Crippen LogP contribution in [-0.2, 0) is 4.79 Å². The first-order valence-electron chi connectivity index (χ1n) is 6.48. The largest absolute Gasteiger partial charge is 0.350 e. The van der Waals surface area contributed by atoms with Crippen molar-refractivity contribution in [3.8, 4) is 0 Å². The van der Waals surface area contributed by atoms with Gasteiger partial charge in [0.15, 0.2) is 0 Å². The average molecular weight is 299 g/mol. The minimum Gasteiger partial charge on any atom is -0.350 e. The molecule has 0 radical (unpaired) electrons. The van der Waals surface area contributed by atoms with Gasteiger partial charge in [0.05, 0.1) is 12.2 Å². The molecule has 1 fully saturated rings. The lowest BCUT2D eigenvalue weighted by Gasteiger charge is -2.21. The lowest BCUT2D eigenvalue weighted by atomic mass is 10.3. The maximum absolute atomic E-state index is 13.3. The summed E-state index contributed by atoms with van der Waals surface area (Å²) < 4.78 is 26.6. The van der Waals surface area contributed by atoms with Gasteiger partial charge in [-0.2, -0.15) is 0 Å². The number of thioether (sulfide) groups is 1. The monoisotopic (exact) mass is 299 g/mol. The molecular weight excluding hydrogens is 284 g/mol. The number of nitrogens with zero attached hydrogens (tertiary/aromatic N) is 3. The number of aromatic nitrogens is 1. The third-order valence-corrected chi connectivity index (χ3v) is 4.67. The molecular formula is C13H15F2N3OS. The van der Waals surface area contributed by atoms with E-state index in [0.29, 0.717) is 18.8 Å². The topological polar surface area (TPSA) is 36.4 Å². The zero-order valence-corrected chi connectivity index (χ0v) is 11.9. The Kier molecular flexibility index (Phi) is 3.32. The number of pyridine rings is 1. The molecule has 0 atom stereocenters. The summed E-state index contributed by atoms with van der Waals surface area (Å²) in [6, 6.07) is 1.74. The average Bonchev–Trinajstić information content (AvgIpc) is 2.71. The van der Waals surface area contributed by atoms with Crippen LogP contribution in [0.1, 0.15) is 12.8 Å². The first-order chi connectivity index (χ1) is 9.46. The second-order valence-electron chi connectivity index (χ2n) is 5.09. The van der Waals surface area contributed by atoms with Crippen LogP contribution in [0.3, 0.4) is 0 Å². The summed E-state index contributed by atoms with van der Waals surface area (Å²) >= 11 is 1.58. The molecule has 0 bridgehead atoms. The molecule has 2 aliphatic heterocycles. The highest BCUT2D eigenvalue weighted by Gasteiger charge is 2.39. The number of carbonyl (C=O) groups is 1. The molecule has 4 nitrogen and oxygen atoms in total. The van der Waals surface area contributed by atoms with Gasteiger partial charge in [-0.25, -0.2) is 13.8 Å². The Balaban J connectivity index is 1.92. The van der Waals surface area contributed by atoms with Crippen molar-refractivity contribution in [3.63, 3.8) is 0 Å². The number of alkyl halides is 2. The van der Waals surface area contributed by atoms with Crippen LogP contribution >= 0.6 is 11.8 Å². The molecule has 7 heteroatoms. The minimum absolute atomic E-state index is 0.0418. The normalized spacial score (nSPS) is 21.9. The summed E-state index contributed by atoms with van der Waals surface area (Å²) in [5.41, 5.74) is 0.762. The Hall–Kier alpha value is -1.37. The van der Waals surface area contributed by atoms with E-state index in [1.54, 1.807) is 40.9 Å². The Morgan fingerprint density at radius 3 is 2.95 bits per heavy atom. The van der Waals surface area contributed by atoms with Crippen molar-refractivity contribution in [2.24, 2.45) is 0 Å².